The summed E-state index contributed by atoms with van der Waals surface area (Å²) < 4.78 is 16.5. The summed E-state index contributed by atoms with van der Waals surface area (Å²) in [5, 5.41) is 2.03. The van der Waals surface area contributed by atoms with Crippen molar-refractivity contribution in [2.45, 2.75) is 23.4 Å². The predicted molar refractivity (Wildman–Crippen MR) is 165 cm³/mol. The molecule has 0 aliphatic rings. The van der Waals surface area contributed by atoms with E-state index in [1.807, 2.05) is 72.8 Å². The summed E-state index contributed by atoms with van der Waals surface area (Å²) in [4.78, 5) is 9.86. The zero-order chi connectivity index (χ0) is 27.0. The third-order valence-corrected chi connectivity index (χ3v) is 8.65. The number of fused-ring (bicyclic) bond motifs is 2. The molecule has 202 valence electrons. The molecule has 4 aromatic carbocycles. The Morgan fingerprint density at radius 2 is 0.900 bits per heavy atom. The average molecular weight is 567 g/mol. The van der Waals surface area contributed by atoms with Crippen molar-refractivity contribution in [1.29, 1.82) is 0 Å². The zero-order valence-electron chi connectivity index (χ0n) is 22.1. The first-order valence-corrected chi connectivity index (χ1v) is 15.3. The minimum Gasteiger partial charge on any atom is -0.492 e. The van der Waals surface area contributed by atoms with Crippen molar-refractivity contribution in [2.24, 2.45) is 0 Å². The number of rotatable bonds is 13. The molecule has 8 heteroatoms. The molecule has 0 radical (unpaired) electrons. The Bertz CT molecular complexity index is 1540. The molecule has 6 aromatic rings. The van der Waals surface area contributed by atoms with Gasteiger partial charge in [-0.3, -0.25) is 0 Å². The van der Waals surface area contributed by atoms with Gasteiger partial charge in [-0.15, -0.1) is 0 Å². The van der Waals surface area contributed by atoms with Crippen LogP contribution in [0.3, 0.4) is 0 Å². The lowest BCUT2D eigenvalue weighted by Gasteiger charge is -2.11. The zero-order valence-corrected chi connectivity index (χ0v) is 23.7. The van der Waals surface area contributed by atoms with Gasteiger partial charge in [0.1, 0.15) is 24.7 Å². The van der Waals surface area contributed by atoms with E-state index in [9.17, 15) is 0 Å². The highest BCUT2D eigenvalue weighted by Gasteiger charge is 2.14. The molecule has 0 saturated carbocycles. The van der Waals surface area contributed by atoms with Crippen LogP contribution in [-0.4, -0.2) is 43.8 Å². The molecule has 0 aliphatic carbocycles. The van der Waals surface area contributed by atoms with Crippen molar-refractivity contribution >= 4 is 45.6 Å². The smallest absolute Gasteiger partial charge is 0.169 e. The lowest BCUT2D eigenvalue weighted by molar-refractivity contribution is 0.295. The topological polar surface area (TPSA) is 54.1 Å². The molecule has 6 nitrogen and oxygen atoms in total. The molecule has 0 aliphatic heterocycles. The number of hydrogen-bond acceptors (Lipinski definition) is 6. The van der Waals surface area contributed by atoms with Crippen LogP contribution in [-0.2, 0) is 13.1 Å². The number of imidazole rings is 2. The van der Waals surface area contributed by atoms with Gasteiger partial charge in [0.15, 0.2) is 10.3 Å². The minimum absolute atomic E-state index is 0.585. The summed E-state index contributed by atoms with van der Waals surface area (Å²) in [6, 6.07) is 36.5. The van der Waals surface area contributed by atoms with Crippen LogP contribution in [0.2, 0.25) is 0 Å². The molecule has 0 N–H and O–H groups in total. The molecule has 0 saturated heterocycles. The maximum Gasteiger partial charge on any atom is 0.169 e. The van der Waals surface area contributed by atoms with Gasteiger partial charge in [-0.25, -0.2) is 9.97 Å². The first-order valence-electron chi connectivity index (χ1n) is 13.4. The first-order chi connectivity index (χ1) is 19.8. The molecule has 40 heavy (non-hydrogen) atoms. The molecular weight excluding hydrogens is 537 g/mol. The van der Waals surface area contributed by atoms with Crippen LogP contribution in [0.1, 0.15) is 0 Å². The summed E-state index contributed by atoms with van der Waals surface area (Å²) in [7, 11) is 0. The van der Waals surface area contributed by atoms with Gasteiger partial charge in [-0.2, -0.15) is 0 Å². The number of thioether (sulfide) groups is 2. The average Bonchev–Trinajstić information content (AvgIpc) is 3.54. The van der Waals surface area contributed by atoms with E-state index >= 15 is 0 Å². The molecule has 0 amide bonds. The van der Waals surface area contributed by atoms with Gasteiger partial charge >= 0.3 is 0 Å². The van der Waals surface area contributed by atoms with Crippen LogP contribution >= 0.6 is 23.5 Å². The third kappa shape index (κ3) is 6.29. The van der Waals surface area contributed by atoms with E-state index in [1.165, 1.54) is 0 Å². The van der Waals surface area contributed by atoms with Crippen LogP contribution in [0.25, 0.3) is 22.1 Å². The second-order valence-corrected chi connectivity index (χ2v) is 11.2. The number of para-hydroxylation sites is 6. The summed E-state index contributed by atoms with van der Waals surface area (Å²) in [5.41, 5.74) is 4.29. The van der Waals surface area contributed by atoms with E-state index < -0.39 is 0 Å². The Balaban J connectivity index is 1.10. The van der Waals surface area contributed by atoms with E-state index in [0.717, 1.165) is 68.5 Å². The fourth-order valence-corrected chi connectivity index (χ4v) is 6.62. The summed E-state index contributed by atoms with van der Waals surface area (Å²) >= 11 is 3.56. The summed E-state index contributed by atoms with van der Waals surface area (Å²) in [6.07, 6.45) is 0. The fourth-order valence-electron chi connectivity index (χ4n) is 4.57. The number of hydrogen-bond donors (Lipinski definition) is 0. The summed E-state index contributed by atoms with van der Waals surface area (Å²) in [6.45, 7) is 2.65. The second kappa shape index (κ2) is 13.0. The Morgan fingerprint density at radius 1 is 0.500 bits per heavy atom. The molecule has 2 heterocycles. The minimum atomic E-state index is 0.585. The van der Waals surface area contributed by atoms with Crippen molar-refractivity contribution in [2.75, 3.05) is 24.7 Å². The molecule has 0 fully saturated rings. The fraction of sp³-hybridized carbons (Fsp3) is 0.188. The third-order valence-electron chi connectivity index (χ3n) is 6.44. The molecule has 6 rings (SSSR count). The molecule has 0 atom stereocenters. The SMILES string of the molecule is c1ccc(OCCn2c(SCCSc3nc4ccccc4n3CCOc3ccccc3)nc3ccccc32)cc1. The monoisotopic (exact) mass is 566 g/mol. The van der Waals surface area contributed by atoms with Crippen molar-refractivity contribution in [1.82, 2.24) is 19.1 Å². The molecule has 0 spiro atoms. The Morgan fingerprint density at radius 3 is 1.35 bits per heavy atom. The lowest BCUT2D eigenvalue weighted by atomic mass is 10.3. The first kappa shape index (κ1) is 26.3. The van der Waals surface area contributed by atoms with Crippen LogP contribution < -0.4 is 9.47 Å². The largest absolute Gasteiger partial charge is 0.492 e. The Labute approximate surface area is 242 Å². The van der Waals surface area contributed by atoms with Gasteiger partial charge in [-0.05, 0) is 48.5 Å². The Kier molecular flexibility index (Phi) is 8.55. The van der Waals surface area contributed by atoms with E-state index in [1.54, 1.807) is 23.5 Å². The molecule has 2 aromatic heterocycles. The standard InChI is InChI=1S/C32H30N4O2S2/c1-3-11-25(12-4-1)37-21-19-35-29-17-9-7-15-27(29)33-31(35)39-23-24-40-32-34-28-16-8-10-18-30(28)36(32)20-22-38-26-13-5-2-6-14-26/h1-18H,19-24H2. The lowest BCUT2D eigenvalue weighted by Crippen LogP contribution is -2.10. The summed E-state index contributed by atoms with van der Waals surface area (Å²) in [5.74, 6) is 3.60. The second-order valence-electron chi connectivity index (χ2n) is 9.09. The molecular formula is C32H30N4O2S2. The Hall–Kier alpha value is -3.88. The molecule has 0 bridgehead atoms. The van der Waals surface area contributed by atoms with Crippen molar-refractivity contribution in [3.8, 4) is 11.5 Å². The highest BCUT2D eigenvalue weighted by Crippen LogP contribution is 2.28. The van der Waals surface area contributed by atoms with Crippen LogP contribution in [0, 0.1) is 0 Å². The van der Waals surface area contributed by atoms with Crippen molar-refractivity contribution in [3.63, 3.8) is 0 Å². The van der Waals surface area contributed by atoms with E-state index in [4.69, 9.17) is 19.4 Å². The van der Waals surface area contributed by atoms with Gasteiger partial charge in [0.2, 0.25) is 0 Å². The van der Waals surface area contributed by atoms with Crippen LogP contribution in [0.15, 0.2) is 120 Å². The number of ether oxygens (including phenoxy) is 2. The van der Waals surface area contributed by atoms with E-state index in [0.29, 0.717) is 13.2 Å². The van der Waals surface area contributed by atoms with Gasteiger partial charge < -0.3 is 18.6 Å². The van der Waals surface area contributed by atoms with Crippen LogP contribution in [0.4, 0.5) is 0 Å². The number of benzene rings is 4. The highest BCUT2D eigenvalue weighted by molar-refractivity contribution is 8.02. The number of aromatic nitrogens is 4. The normalized spacial score (nSPS) is 11.3. The van der Waals surface area contributed by atoms with Gasteiger partial charge in [0.05, 0.1) is 35.2 Å². The van der Waals surface area contributed by atoms with Gasteiger partial charge in [0.25, 0.3) is 0 Å². The highest BCUT2D eigenvalue weighted by atomic mass is 32.2. The maximum atomic E-state index is 5.99. The van der Waals surface area contributed by atoms with Gasteiger partial charge in [-0.1, -0.05) is 84.2 Å². The van der Waals surface area contributed by atoms with Crippen molar-refractivity contribution < 1.29 is 9.47 Å². The molecule has 0 unspecified atom stereocenters. The van der Waals surface area contributed by atoms with Crippen LogP contribution in [0.5, 0.6) is 11.5 Å². The van der Waals surface area contributed by atoms with E-state index in [-0.39, 0.29) is 0 Å². The maximum absolute atomic E-state index is 5.99. The van der Waals surface area contributed by atoms with Gasteiger partial charge in [0, 0.05) is 11.5 Å². The van der Waals surface area contributed by atoms with Crippen molar-refractivity contribution in [3.05, 3.63) is 109 Å². The van der Waals surface area contributed by atoms with E-state index in [2.05, 4.69) is 45.5 Å². The quantitative estimate of drug-likeness (QED) is 0.107. The predicted octanol–water partition coefficient (Wildman–Crippen LogP) is 7.43. The number of nitrogens with zero attached hydrogens (tertiary/aromatic N) is 4.